The fourth-order valence-corrected chi connectivity index (χ4v) is 1.78. The first-order valence-electron chi connectivity index (χ1n) is 4.56. The smallest absolute Gasteiger partial charge is 0.137 e. The molecule has 78 valence electrons. The van der Waals surface area contributed by atoms with Crippen molar-refractivity contribution in [1.82, 2.24) is 4.98 Å². The predicted octanol–water partition coefficient (Wildman–Crippen LogP) is 3.73. The molecule has 0 aliphatic carbocycles. The highest BCUT2D eigenvalue weighted by Gasteiger charge is 2.10. The lowest BCUT2D eigenvalue weighted by Gasteiger charge is -2.04. The third kappa shape index (κ3) is 1.79. The van der Waals surface area contributed by atoms with Crippen LogP contribution in [0, 0.1) is 11.6 Å². The van der Waals surface area contributed by atoms with Gasteiger partial charge in [-0.1, -0.05) is 18.5 Å². The van der Waals surface area contributed by atoms with Crippen molar-refractivity contribution in [3.8, 4) is 0 Å². The molecular weight excluding hydrogens is 220 g/mol. The molecule has 1 nitrogen and oxygen atoms in total. The van der Waals surface area contributed by atoms with E-state index in [1.807, 2.05) is 6.92 Å². The summed E-state index contributed by atoms with van der Waals surface area (Å²) in [5.41, 5.74) is 0.981. The maximum Gasteiger partial charge on any atom is 0.137 e. The van der Waals surface area contributed by atoms with Gasteiger partial charge in [0.05, 0.1) is 15.9 Å². The number of hydrogen-bond donors (Lipinski definition) is 0. The number of benzene rings is 1. The van der Waals surface area contributed by atoms with E-state index in [1.165, 1.54) is 6.07 Å². The summed E-state index contributed by atoms with van der Waals surface area (Å²) in [7, 11) is 0. The Morgan fingerprint density at radius 2 is 2.00 bits per heavy atom. The number of fused-ring (bicyclic) bond motifs is 1. The highest BCUT2D eigenvalue weighted by Crippen LogP contribution is 2.26. The van der Waals surface area contributed by atoms with Gasteiger partial charge in [-0.15, -0.1) is 0 Å². The van der Waals surface area contributed by atoms with E-state index in [2.05, 4.69) is 4.98 Å². The summed E-state index contributed by atoms with van der Waals surface area (Å²) in [4.78, 5) is 4.11. The van der Waals surface area contributed by atoms with Crippen molar-refractivity contribution >= 4 is 22.5 Å². The zero-order chi connectivity index (χ0) is 11.0. The summed E-state index contributed by atoms with van der Waals surface area (Å²) in [6, 6.07) is 3.59. The number of pyridine rings is 1. The van der Waals surface area contributed by atoms with Crippen LogP contribution in [0.3, 0.4) is 0 Å². The third-order valence-electron chi connectivity index (χ3n) is 2.19. The summed E-state index contributed by atoms with van der Waals surface area (Å²) in [6.45, 7) is 1.90. The fraction of sp³-hybridized carbons (Fsp3) is 0.182. The minimum absolute atomic E-state index is 0.176. The molecular formula is C11H8ClF2N. The molecule has 15 heavy (non-hydrogen) atoms. The molecule has 0 amide bonds. The number of aromatic nitrogens is 1. The molecule has 0 N–H and O–H groups in total. The van der Waals surface area contributed by atoms with E-state index in [-0.39, 0.29) is 15.9 Å². The van der Waals surface area contributed by atoms with Crippen molar-refractivity contribution in [3.05, 3.63) is 40.6 Å². The second-order valence-electron chi connectivity index (χ2n) is 3.23. The molecule has 2 aromatic rings. The van der Waals surface area contributed by atoms with Crippen LogP contribution >= 0.6 is 11.6 Å². The maximum absolute atomic E-state index is 13.4. The summed E-state index contributed by atoms with van der Waals surface area (Å²) in [5.74, 6) is -1.32. The quantitative estimate of drug-likeness (QED) is 0.724. The first kappa shape index (κ1) is 10.3. The van der Waals surface area contributed by atoms with Gasteiger partial charge >= 0.3 is 0 Å². The minimum Gasteiger partial charge on any atom is -0.253 e. The van der Waals surface area contributed by atoms with Crippen LogP contribution in [0.25, 0.3) is 10.9 Å². The maximum atomic E-state index is 13.4. The van der Waals surface area contributed by atoms with Crippen LogP contribution < -0.4 is 0 Å². The molecule has 1 aromatic carbocycles. The minimum atomic E-state index is -0.676. The van der Waals surface area contributed by atoms with E-state index in [4.69, 9.17) is 11.6 Å². The van der Waals surface area contributed by atoms with Crippen LogP contribution in [0.4, 0.5) is 8.78 Å². The molecule has 0 radical (unpaired) electrons. The number of aryl methyl sites for hydroxylation is 1. The van der Waals surface area contributed by atoms with Crippen LogP contribution in [0.1, 0.15) is 12.6 Å². The van der Waals surface area contributed by atoms with E-state index in [0.717, 1.165) is 11.8 Å². The van der Waals surface area contributed by atoms with Gasteiger partial charge in [0.1, 0.15) is 11.6 Å². The van der Waals surface area contributed by atoms with Crippen molar-refractivity contribution in [2.45, 2.75) is 13.3 Å². The largest absolute Gasteiger partial charge is 0.253 e. The van der Waals surface area contributed by atoms with Gasteiger partial charge in [-0.25, -0.2) is 8.78 Å². The molecule has 0 fully saturated rings. The first-order valence-corrected chi connectivity index (χ1v) is 4.93. The molecule has 0 bridgehead atoms. The topological polar surface area (TPSA) is 12.9 Å². The predicted molar refractivity (Wildman–Crippen MR) is 56.0 cm³/mol. The summed E-state index contributed by atoms with van der Waals surface area (Å²) in [6.07, 6.45) is 0.674. The number of hydrogen-bond acceptors (Lipinski definition) is 1. The Balaban J connectivity index is 2.85. The summed E-state index contributed by atoms with van der Waals surface area (Å²) < 4.78 is 26.3. The molecule has 0 aliphatic heterocycles. The first-order chi connectivity index (χ1) is 7.11. The Morgan fingerprint density at radius 1 is 1.27 bits per heavy atom. The van der Waals surface area contributed by atoms with Gasteiger partial charge < -0.3 is 0 Å². The molecule has 0 spiro atoms. The van der Waals surface area contributed by atoms with Crippen molar-refractivity contribution < 1.29 is 8.78 Å². The zero-order valence-electron chi connectivity index (χ0n) is 8.02. The normalized spacial score (nSPS) is 10.9. The molecule has 2 rings (SSSR count). The van der Waals surface area contributed by atoms with Crippen molar-refractivity contribution in [2.24, 2.45) is 0 Å². The van der Waals surface area contributed by atoms with Gasteiger partial charge in [0.2, 0.25) is 0 Å². The van der Waals surface area contributed by atoms with E-state index in [9.17, 15) is 8.78 Å². The van der Waals surface area contributed by atoms with Crippen molar-refractivity contribution in [1.29, 1.82) is 0 Å². The monoisotopic (exact) mass is 227 g/mol. The SMILES string of the molecule is CCc1cc(Cl)c2c(F)cc(F)cc2n1. The van der Waals surface area contributed by atoms with Crippen LogP contribution in [-0.2, 0) is 6.42 Å². The van der Waals surface area contributed by atoms with Gasteiger partial charge in [-0.3, -0.25) is 4.98 Å². The zero-order valence-corrected chi connectivity index (χ0v) is 8.78. The molecule has 1 heterocycles. The average molecular weight is 228 g/mol. The number of nitrogens with zero attached hydrogens (tertiary/aromatic N) is 1. The van der Waals surface area contributed by atoms with Gasteiger partial charge in [0, 0.05) is 17.8 Å². The van der Waals surface area contributed by atoms with E-state index >= 15 is 0 Å². The summed E-state index contributed by atoms with van der Waals surface area (Å²) in [5, 5.41) is 0.449. The number of rotatable bonds is 1. The van der Waals surface area contributed by atoms with Gasteiger partial charge in [0.15, 0.2) is 0 Å². The molecule has 0 aliphatic rings. The standard InChI is InChI=1S/C11H8ClF2N/c1-2-7-5-8(12)11-9(14)3-6(13)4-10(11)15-7/h3-5H,2H2,1H3. The Morgan fingerprint density at radius 3 is 2.67 bits per heavy atom. The Kier molecular flexibility index (Phi) is 2.57. The summed E-state index contributed by atoms with van der Waals surface area (Å²) >= 11 is 5.90. The van der Waals surface area contributed by atoms with Crippen LogP contribution in [0.15, 0.2) is 18.2 Å². The van der Waals surface area contributed by atoms with E-state index < -0.39 is 11.6 Å². The molecule has 0 atom stereocenters. The number of halogens is 3. The second-order valence-corrected chi connectivity index (χ2v) is 3.64. The Bertz CT molecular complexity index is 525. The van der Waals surface area contributed by atoms with E-state index in [1.54, 1.807) is 6.07 Å². The molecule has 4 heteroatoms. The van der Waals surface area contributed by atoms with Crippen molar-refractivity contribution in [3.63, 3.8) is 0 Å². The lowest BCUT2D eigenvalue weighted by Crippen LogP contribution is -1.92. The van der Waals surface area contributed by atoms with Gasteiger partial charge in [0.25, 0.3) is 0 Å². The average Bonchev–Trinajstić information content (AvgIpc) is 2.15. The highest BCUT2D eigenvalue weighted by molar-refractivity contribution is 6.35. The third-order valence-corrected chi connectivity index (χ3v) is 2.49. The lowest BCUT2D eigenvalue weighted by atomic mass is 10.1. The van der Waals surface area contributed by atoms with Crippen LogP contribution in [-0.4, -0.2) is 4.98 Å². The van der Waals surface area contributed by atoms with Gasteiger partial charge in [-0.05, 0) is 12.5 Å². The van der Waals surface area contributed by atoms with Crippen LogP contribution in [0.2, 0.25) is 5.02 Å². The molecule has 0 saturated carbocycles. The van der Waals surface area contributed by atoms with Gasteiger partial charge in [-0.2, -0.15) is 0 Å². The fourth-order valence-electron chi connectivity index (χ4n) is 1.47. The van der Waals surface area contributed by atoms with Crippen molar-refractivity contribution in [2.75, 3.05) is 0 Å². The molecule has 1 aromatic heterocycles. The Labute approximate surface area is 90.7 Å². The second kappa shape index (κ2) is 3.74. The molecule has 0 saturated heterocycles. The highest BCUT2D eigenvalue weighted by atomic mass is 35.5. The molecule has 0 unspecified atom stereocenters. The van der Waals surface area contributed by atoms with E-state index in [0.29, 0.717) is 6.42 Å². The van der Waals surface area contributed by atoms with Crippen LogP contribution in [0.5, 0.6) is 0 Å². The Hall–Kier alpha value is -1.22. The lowest BCUT2D eigenvalue weighted by molar-refractivity contribution is 0.591.